The maximum absolute atomic E-state index is 14.2. The Labute approximate surface area is 181 Å². The lowest BCUT2D eigenvalue weighted by Crippen LogP contribution is -2.25. The Balaban J connectivity index is 1.70. The minimum absolute atomic E-state index is 0.0547. The second-order valence-electron chi connectivity index (χ2n) is 7.44. The summed E-state index contributed by atoms with van der Waals surface area (Å²) >= 11 is 0. The first-order valence-electron chi connectivity index (χ1n) is 10.4. The smallest absolute Gasteiger partial charge is 0.255 e. The summed E-state index contributed by atoms with van der Waals surface area (Å²) < 4.78 is 25.0. The van der Waals surface area contributed by atoms with Crippen molar-refractivity contribution >= 4 is 23.2 Å². The molecule has 3 rings (SSSR count). The number of amides is 2. The van der Waals surface area contributed by atoms with Gasteiger partial charge in [-0.15, -0.1) is 0 Å². The van der Waals surface area contributed by atoms with Crippen LogP contribution in [-0.4, -0.2) is 25.5 Å². The van der Waals surface area contributed by atoms with E-state index in [1.54, 1.807) is 24.3 Å². The van der Waals surface area contributed by atoms with Crippen molar-refractivity contribution in [3.05, 3.63) is 60.4 Å². The normalized spacial score (nSPS) is 13.9. The molecule has 31 heavy (non-hydrogen) atoms. The molecule has 0 heterocycles. The molecule has 0 aliphatic heterocycles. The summed E-state index contributed by atoms with van der Waals surface area (Å²) in [6.45, 7) is 3.91. The lowest BCUT2D eigenvalue weighted by Gasteiger charge is -2.21. The van der Waals surface area contributed by atoms with E-state index in [0.717, 1.165) is 32.1 Å². The fourth-order valence-electron chi connectivity index (χ4n) is 3.58. The molecule has 0 aromatic heterocycles. The fraction of sp³-hybridized carbons (Fsp3) is 0.333. The highest BCUT2D eigenvalue weighted by Crippen LogP contribution is 2.29. The van der Waals surface area contributed by atoms with E-state index in [4.69, 9.17) is 9.47 Å². The van der Waals surface area contributed by atoms with Crippen molar-refractivity contribution in [2.45, 2.75) is 32.1 Å². The lowest BCUT2D eigenvalue weighted by atomic mass is 9.88. The maximum Gasteiger partial charge on any atom is 0.255 e. The average Bonchev–Trinajstić information content (AvgIpc) is 2.80. The topological polar surface area (TPSA) is 76.7 Å². The molecule has 2 aromatic carbocycles. The first kappa shape index (κ1) is 22.3. The van der Waals surface area contributed by atoms with Gasteiger partial charge in [-0.25, -0.2) is 4.39 Å². The molecular formula is C24H27FN2O4. The van der Waals surface area contributed by atoms with Crippen molar-refractivity contribution in [2.75, 3.05) is 24.4 Å². The SMILES string of the molecule is C=CCOc1ccc(C(=O)Nc2ccc(F)c(NC(=O)C3CCCCC3)c2)cc1OC. The van der Waals surface area contributed by atoms with Gasteiger partial charge in [-0.1, -0.05) is 31.9 Å². The highest BCUT2D eigenvalue weighted by atomic mass is 19.1. The van der Waals surface area contributed by atoms with Gasteiger partial charge in [0, 0.05) is 17.2 Å². The monoisotopic (exact) mass is 426 g/mol. The third kappa shape index (κ3) is 5.84. The zero-order valence-electron chi connectivity index (χ0n) is 17.6. The summed E-state index contributed by atoms with van der Waals surface area (Å²) in [6, 6.07) is 8.89. The molecule has 0 saturated heterocycles. The summed E-state index contributed by atoms with van der Waals surface area (Å²) in [5.41, 5.74) is 0.773. The standard InChI is InChI=1S/C24H27FN2O4/c1-3-13-31-21-12-9-17(14-22(21)30-2)24(29)26-18-10-11-19(25)20(15-18)27-23(28)16-7-5-4-6-8-16/h3,9-12,14-16H,1,4-8,13H2,2H3,(H,26,29)(H,27,28). The summed E-state index contributed by atoms with van der Waals surface area (Å²) in [4.78, 5) is 25.1. The second kappa shape index (κ2) is 10.6. The van der Waals surface area contributed by atoms with Gasteiger partial charge in [0.2, 0.25) is 5.91 Å². The van der Waals surface area contributed by atoms with Gasteiger partial charge < -0.3 is 20.1 Å². The molecule has 1 fully saturated rings. The van der Waals surface area contributed by atoms with Crippen LogP contribution in [0, 0.1) is 11.7 Å². The Morgan fingerprint density at radius 1 is 1.10 bits per heavy atom. The largest absolute Gasteiger partial charge is 0.493 e. The maximum atomic E-state index is 14.2. The van der Waals surface area contributed by atoms with Crippen LogP contribution in [-0.2, 0) is 4.79 Å². The molecule has 2 aromatic rings. The zero-order chi connectivity index (χ0) is 22.2. The molecule has 7 heteroatoms. The quantitative estimate of drug-likeness (QED) is 0.571. The number of ether oxygens (including phenoxy) is 2. The van der Waals surface area contributed by atoms with Crippen LogP contribution in [0.2, 0.25) is 0 Å². The molecule has 2 amide bonds. The first-order valence-corrected chi connectivity index (χ1v) is 10.4. The minimum Gasteiger partial charge on any atom is -0.493 e. The van der Waals surface area contributed by atoms with Gasteiger partial charge in [0.25, 0.3) is 5.91 Å². The van der Waals surface area contributed by atoms with Gasteiger partial charge in [0.15, 0.2) is 11.5 Å². The Bertz CT molecular complexity index is 955. The Morgan fingerprint density at radius 3 is 2.58 bits per heavy atom. The van der Waals surface area contributed by atoms with Gasteiger partial charge in [-0.2, -0.15) is 0 Å². The van der Waals surface area contributed by atoms with E-state index in [2.05, 4.69) is 17.2 Å². The molecule has 1 saturated carbocycles. The van der Waals surface area contributed by atoms with Crippen LogP contribution < -0.4 is 20.1 Å². The van der Waals surface area contributed by atoms with E-state index in [0.29, 0.717) is 29.4 Å². The van der Waals surface area contributed by atoms with E-state index in [1.807, 2.05) is 0 Å². The van der Waals surface area contributed by atoms with Gasteiger partial charge >= 0.3 is 0 Å². The summed E-state index contributed by atoms with van der Waals surface area (Å²) in [7, 11) is 1.49. The Morgan fingerprint density at radius 2 is 1.87 bits per heavy atom. The number of hydrogen-bond acceptors (Lipinski definition) is 4. The third-order valence-electron chi connectivity index (χ3n) is 5.24. The zero-order valence-corrected chi connectivity index (χ0v) is 17.6. The number of benzene rings is 2. The lowest BCUT2D eigenvalue weighted by molar-refractivity contribution is -0.120. The first-order chi connectivity index (χ1) is 15.0. The van der Waals surface area contributed by atoms with Crippen molar-refractivity contribution in [3.63, 3.8) is 0 Å². The van der Waals surface area contributed by atoms with Crippen LogP contribution in [0.4, 0.5) is 15.8 Å². The molecule has 0 spiro atoms. The van der Waals surface area contributed by atoms with Gasteiger partial charge in [0.05, 0.1) is 12.8 Å². The van der Waals surface area contributed by atoms with Gasteiger partial charge in [-0.3, -0.25) is 9.59 Å². The molecule has 0 unspecified atom stereocenters. The van der Waals surface area contributed by atoms with E-state index < -0.39 is 11.7 Å². The van der Waals surface area contributed by atoms with E-state index in [9.17, 15) is 14.0 Å². The number of rotatable bonds is 8. The highest BCUT2D eigenvalue weighted by molar-refractivity contribution is 6.05. The van der Waals surface area contributed by atoms with Crippen molar-refractivity contribution in [2.24, 2.45) is 5.92 Å². The molecule has 0 atom stereocenters. The molecule has 0 bridgehead atoms. The third-order valence-corrected chi connectivity index (χ3v) is 5.24. The van der Waals surface area contributed by atoms with Crippen LogP contribution in [0.25, 0.3) is 0 Å². The van der Waals surface area contributed by atoms with Crippen LogP contribution >= 0.6 is 0 Å². The summed E-state index contributed by atoms with van der Waals surface area (Å²) in [5, 5.41) is 5.39. The predicted octanol–water partition coefficient (Wildman–Crippen LogP) is 5.17. The number of methoxy groups -OCH3 is 1. The molecule has 1 aliphatic carbocycles. The summed E-state index contributed by atoms with van der Waals surface area (Å²) in [5.74, 6) is -0.317. The Hall–Kier alpha value is -3.35. The van der Waals surface area contributed by atoms with E-state index in [-0.39, 0.29) is 17.5 Å². The number of nitrogens with one attached hydrogen (secondary N) is 2. The summed E-state index contributed by atoms with van der Waals surface area (Å²) in [6.07, 6.45) is 6.40. The number of carbonyl (C=O) groups excluding carboxylic acids is 2. The van der Waals surface area contributed by atoms with Crippen LogP contribution in [0.1, 0.15) is 42.5 Å². The molecule has 6 nitrogen and oxygen atoms in total. The average molecular weight is 426 g/mol. The van der Waals surface area contributed by atoms with Crippen molar-refractivity contribution in [1.82, 2.24) is 0 Å². The number of halogens is 1. The van der Waals surface area contributed by atoms with Crippen LogP contribution in [0.3, 0.4) is 0 Å². The second-order valence-corrected chi connectivity index (χ2v) is 7.44. The number of hydrogen-bond donors (Lipinski definition) is 2. The van der Waals surface area contributed by atoms with Gasteiger partial charge in [-0.05, 0) is 49.2 Å². The molecule has 2 N–H and O–H groups in total. The molecule has 164 valence electrons. The molecule has 0 radical (unpaired) electrons. The van der Waals surface area contributed by atoms with E-state index in [1.165, 1.54) is 25.3 Å². The van der Waals surface area contributed by atoms with Crippen LogP contribution in [0.15, 0.2) is 49.1 Å². The number of carbonyl (C=O) groups is 2. The molecule has 1 aliphatic rings. The van der Waals surface area contributed by atoms with Crippen molar-refractivity contribution in [3.8, 4) is 11.5 Å². The van der Waals surface area contributed by atoms with Crippen molar-refractivity contribution in [1.29, 1.82) is 0 Å². The Kier molecular flexibility index (Phi) is 7.65. The predicted molar refractivity (Wildman–Crippen MR) is 118 cm³/mol. The van der Waals surface area contributed by atoms with Gasteiger partial charge in [0.1, 0.15) is 12.4 Å². The fourth-order valence-corrected chi connectivity index (χ4v) is 3.58. The van der Waals surface area contributed by atoms with Crippen LogP contribution in [0.5, 0.6) is 11.5 Å². The van der Waals surface area contributed by atoms with E-state index >= 15 is 0 Å². The van der Waals surface area contributed by atoms with Crippen molar-refractivity contribution < 1.29 is 23.5 Å². The number of anilines is 2. The minimum atomic E-state index is -0.549. The highest BCUT2D eigenvalue weighted by Gasteiger charge is 2.22. The molecular weight excluding hydrogens is 399 g/mol.